The van der Waals surface area contributed by atoms with Crippen LogP contribution < -0.4 is 16.4 Å². The van der Waals surface area contributed by atoms with E-state index >= 15 is 0 Å². The second kappa shape index (κ2) is 1.94. The van der Waals surface area contributed by atoms with E-state index in [1.807, 2.05) is 0 Å². The molecule has 0 radical (unpaired) electrons. The molecule has 0 amide bonds. The highest BCUT2D eigenvalue weighted by Crippen LogP contribution is 2.15. The Morgan fingerprint density at radius 1 is 1.25 bits per heavy atom. The molecule has 12 heavy (non-hydrogen) atoms. The lowest BCUT2D eigenvalue weighted by Gasteiger charge is -1.91. The van der Waals surface area contributed by atoms with Crippen LogP contribution in [-0.4, -0.2) is 15.4 Å². The van der Waals surface area contributed by atoms with E-state index in [0.29, 0.717) is 0 Å². The minimum Gasteiger partial charge on any atom is -0.378 e. The van der Waals surface area contributed by atoms with E-state index in [0.717, 1.165) is 0 Å². The zero-order valence-electron chi connectivity index (χ0n) is 5.76. The van der Waals surface area contributed by atoms with Crippen molar-refractivity contribution in [2.75, 3.05) is 11.5 Å². The first-order chi connectivity index (χ1) is 5.70. The number of rotatable bonds is 0. The molecule has 2 aromatic rings. The number of fused-ring (bicyclic) bond motifs is 1. The fraction of sp³-hybridized carbons (Fsp3) is 0. The highest BCUT2D eigenvalue weighted by molar-refractivity contribution is 5.87. The van der Waals surface area contributed by atoms with Crippen molar-refractivity contribution in [1.29, 1.82) is 0 Å². The molecule has 0 aliphatic rings. The van der Waals surface area contributed by atoms with Gasteiger partial charge >= 0.3 is 0 Å². The van der Waals surface area contributed by atoms with Crippen molar-refractivity contribution < 1.29 is 9.53 Å². The van der Waals surface area contributed by atoms with Gasteiger partial charge in [-0.05, 0) is 4.90 Å². The molecule has 2 aromatic heterocycles. The average Bonchev–Trinajstić information content (AvgIpc) is 2.42. The fourth-order valence-electron chi connectivity index (χ4n) is 0.834. The first-order valence-electron chi connectivity index (χ1n) is 2.97. The molecule has 2 rings (SSSR count). The molecule has 4 N–H and O–H groups in total. The normalized spacial score (nSPS) is 10.7. The smallest absolute Gasteiger partial charge is 0.296 e. The Morgan fingerprint density at radius 2 is 1.92 bits per heavy atom. The summed E-state index contributed by atoms with van der Waals surface area (Å²) in [5.74, 6) is -0.0481. The minimum absolute atomic E-state index is 0.00231. The molecule has 0 bridgehead atoms. The molecular weight excluding hydrogens is 164 g/mol. The monoisotopic (exact) mass is 168 g/mol. The van der Waals surface area contributed by atoms with E-state index < -0.39 is 0 Å². The molecule has 0 atom stereocenters. The number of nitrogens with two attached hydrogens (primary N) is 2. The largest absolute Gasteiger partial charge is 0.378 e. The van der Waals surface area contributed by atoms with Gasteiger partial charge in [-0.25, -0.2) is 0 Å². The molecule has 0 saturated heterocycles. The second-order valence-electron chi connectivity index (χ2n) is 2.10. The minimum atomic E-state index is -0.0598. The lowest BCUT2D eigenvalue weighted by molar-refractivity contribution is -0.782. The van der Waals surface area contributed by atoms with Gasteiger partial charge in [-0.3, -0.25) is 4.63 Å². The topological polar surface area (TPSA) is 131 Å². The first kappa shape index (κ1) is 6.58. The highest BCUT2D eigenvalue weighted by Gasteiger charge is 2.18. The summed E-state index contributed by atoms with van der Waals surface area (Å²) in [6, 6.07) is 0. The van der Waals surface area contributed by atoms with E-state index in [1.165, 1.54) is 0 Å². The van der Waals surface area contributed by atoms with Crippen LogP contribution in [0, 0.1) is 5.21 Å². The molecule has 8 heteroatoms. The van der Waals surface area contributed by atoms with Crippen LogP contribution in [0.2, 0.25) is 0 Å². The van der Waals surface area contributed by atoms with Crippen molar-refractivity contribution in [3.8, 4) is 0 Å². The SMILES string of the molecule is Nc1nnc(N)c2c1no[n+]2[O-]. The number of aromatic nitrogens is 4. The van der Waals surface area contributed by atoms with Crippen molar-refractivity contribution in [2.45, 2.75) is 0 Å². The first-order valence-corrected chi connectivity index (χ1v) is 2.97. The van der Waals surface area contributed by atoms with Crippen molar-refractivity contribution >= 4 is 22.7 Å². The maximum absolute atomic E-state index is 10.8. The van der Waals surface area contributed by atoms with Gasteiger partial charge in [0, 0.05) is 0 Å². The third-order valence-electron chi connectivity index (χ3n) is 1.36. The van der Waals surface area contributed by atoms with E-state index in [-0.39, 0.29) is 27.6 Å². The van der Waals surface area contributed by atoms with Crippen LogP contribution in [0.15, 0.2) is 4.63 Å². The van der Waals surface area contributed by atoms with Gasteiger partial charge in [0.15, 0.2) is 0 Å². The second-order valence-corrected chi connectivity index (χ2v) is 2.10. The summed E-state index contributed by atoms with van der Waals surface area (Å²) in [7, 11) is 0. The molecule has 2 heterocycles. The predicted molar refractivity (Wildman–Crippen MR) is 37.4 cm³/mol. The Balaban J connectivity index is 2.98. The summed E-state index contributed by atoms with van der Waals surface area (Å²) >= 11 is 0. The zero-order chi connectivity index (χ0) is 8.72. The third kappa shape index (κ3) is 0.654. The van der Waals surface area contributed by atoms with Crippen LogP contribution >= 0.6 is 0 Å². The molecule has 8 nitrogen and oxygen atoms in total. The molecular formula is C4H4N6O2. The molecule has 0 saturated carbocycles. The summed E-state index contributed by atoms with van der Waals surface area (Å²) in [5, 5.41) is 21.1. The Labute approximate surface area is 65.3 Å². The predicted octanol–water partition coefficient (Wildman–Crippen LogP) is -1.58. The molecule has 0 aliphatic heterocycles. The van der Waals surface area contributed by atoms with Gasteiger partial charge in [-0.2, -0.15) is 0 Å². The van der Waals surface area contributed by atoms with Gasteiger partial charge in [0.1, 0.15) is 0 Å². The number of nitrogens with zero attached hydrogens (tertiary/aromatic N) is 4. The van der Waals surface area contributed by atoms with Gasteiger partial charge in [0.05, 0.1) is 5.16 Å². The van der Waals surface area contributed by atoms with Crippen molar-refractivity contribution in [1.82, 2.24) is 15.4 Å². The molecule has 0 spiro atoms. The fourth-order valence-corrected chi connectivity index (χ4v) is 0.834. The maximum atomic E-state index is 10.8. The summed E-state index contributed by atoms with van der Waals surface area (Å²) in [6.45, 7) is 0. The number of anilines is 2. The summed E-state index contributed by atoms with van der Waals surface area (Å²) in [6.07, 6.45) is 0. The lowest BCUT2D eigenvalue weighted by Crippen LogP contribution is -2.24. The zero-order valence-corrected chi connectivity index (χ0v) is 5.76. The number of hydrogen-bond donors (Lipinski definition) is 2. The third-order valence-corrected chi connectivity index (χ3v) is 1.36. The van der Waals surface area contributed by atoms with Gasteiger partial charge < -0.3 is 16.7 Å². The van der Waals surface area contributed by atoms with Crippen LogP contribution in [0.4, 0.5) is 11.6 Å². The van der Waals surface area contributed by atoms with E-state index in [1.54, 1.807) is 0 Å². The Morgan fingerprint density at radius 3 is 2.58 bits per heavy atom. The van der Waals surface area contributed by atoms with E-state index in [9.17, 15) is 5.21 Å². The quantitative estimate of drug-likeness (QED) is 0.453. The van der Waals surface area contributed by atoms with Crippen LogP contribution in [0.3, 0.4) is 0 Å². The Kier molecular flexibility index (Phi) is 1.06. The lowest BCUT2D eigenvalue weighted by atomic mass is 10.4. The van der Waals surface area contributed by atoms with Gasteiger partial charge in [0.2, 0.25) is 11.6 Å². The molecule has 62 valence electrons. The molecule has 0 fully saturated rings. The van der Waals surface area contributed by atoms with Crippen LogP contribution in [0.5, 0.6) is 0 Å². The average molecular weight is 168 g/mol. The van der Waals surface area contributed by atoms with E-state index in [4.69, 9.17) is 11.5 Å². The van der Waals surface area contributed by atoms with Gasteiger partial charge in [0.25, 0.3) is 11.0 Å². The molecule has 0 unspecified atom stereocenters. The van der Waals surface area contributed by atoms with Crippen molar-refractivity contribution in [3.63, 3.8) is 0 Å². The summed E-state index contributed by atoms with van der Waals surface area (Å²) in [5.41, 5.74) is 10.8. The Hall–Kier alpha value is -2.12. The van der Waals surface area contributed by atoms with Gasteiger partial charge in [-0.15, -0.1) is 10.2 Å². The maximum Gasteiger partial charge on any atom is 0.296 e. The molecule has 0 aliphatic carbocycles. The Bertz CT molecular complexity index is 436. The summed E-state index contributed by atoms with van der Waals surface area (Å²) in [4.78, 5) is 0.135. The number of hydrogen-bond acceptors (Lipinski definition) is 7. The van der Waals surface area contributed by atoms with Crippen molar-refractivity contribution in [2.24, 2.45) is 0 Å². The highest BCUT2D eigenvalue weighted by atomic mass is 16.8. The van der Waals surface area contributed by atoms with E-state index in [2.05, 4.69) is 20.0 Å². The number of nitrogen functional groups attached to an aromatic ring is 2. The van der Waals surface area contributed by atoms with Gasteiger partial charge in [-0.1, -0.05) is 0 Å². The van der Waals surface area contributed by atoms with Crippen molar-refractivity contribution in [3.05, 3.63) is 5.21 Å². The standard InChI is InChI=1S/C4H4N6O2/c5-3-1-2(4(6)8-7-3)10(11)12-9-1/h(H2,5,7)(H2,6,8). The van der Waals surface area contributed by atoms with Crippen LogP contribution in [0.1, 0.15) is 0 Å². The molecule has 0 aromatic carbocycles. The summed E-state index contributed by atoms with van der Waals surface area (Å²) < 4.78 is 4.25. The van der Waals surface area contributed by atoms with Crippen LogP contribution in [-0.2, 0) is 0 Å². The van der Waals surface area contributed by atoms with Crippen LogP contribution in [0.25, 0.3) is 11.0 Å².